The number of thiophene rings is 1. The van der Waals surface area contributed by atoms with Crippen LogP contribution in [0.4, 0.5) is 5.00 Å². The predicted molar refractivity (Wildman–Crippen MR) is 91.3 cm³/mol. The van der Waals surface area contributed by atoms with Gasteiger partial charge in [0.15, 0.2) is 5.12 Å². The van der Waals surface area contributed by atoms with E-state index in [4.69, 9.17) is 4.74 Å². The van der Waals surface area contributed by atoms with Crippen molar-refractivity contribution >= 4 is 45.1 Å². The first-order valence-corrected chi connectivity index (χ1v) is 9.48. The second-order valence-corrected chi connectivity index (χ2v) is 8.19. The quantitative estimate of drug-likeness (QED) is 0.779. The van der Waals surface area contributed by atoms with E-state index in [1.165, 1.54) is 23.7 Å². The van der Waals surface area contributed by atoms with Crippen molar-refractivity contribution in [3.8, 4) is 0 Å². The first-order chi connectivity index (χ1) is 11.0. The fraction of sp³-hybridized carbons (Fsp3) is 0.562. The Morgan fingerprint density at radius 3 is 2.87 bits per heavy atom. The molecule has 7 heteroatoms. The Kier molecular flexibility index (Phi) is 4.77. The third-order valence-corrected chi connectivity index (χ3v) is 6.62. The molecule has 1 fully saturated rings. The van der Waals surface area contributed by atoms with Crippen LogP contribution in [0.15, 0.2) is 0 Å². The van der Waals surface area contributed by atoms with Crippen LogP contribution in [0.5, 0.6) is 0 Å². The van der Waals surface area contributed by atoms with Gasteiger partial charge in [0.25, 0.3) is 0 Å². The summed E-state index contributed by atoms with van der Waals surface area (Å²) >= 11 is 2.81. The van der Waals surface area contributed by atoms with Crippen LogP contribution in [0, 0.1) is 5.92 Å². The van der Waals surface area contributed by atoms with Gasteiger partial charge in [0.2, 0.25) is 5.91 Å². The van der Waals surface area contributed by atoms with Crippen LogP contribution >= 0.6 is 23.1 Å². The minimum atomic E-state index is -0.353. The van der Waals surface area contributed by atoms with Gasteiger partial charge < -0.3 is 9.64 Å². The van der Waals surface area contributed by atoms with E-state index in [2.05, 4.69) is 0 Å². The number of amides is 1. The molecule has 0 saturated carbocycles. The molecule has 1 aliphatic carbocycles. The fourth-order valence-corrected chi connectivity index (χ4v) is 5.31. The van der Waals surface area contributed by atoms with Gasteiger partial charge in [-0.2, -0.15) is 0 Å². The van der Waals surface area contributed by atoms with Gasteiger partial charge in [0.05, 0.1) is 12.7 Å². The second kappa shape index (κ2) is 6.65. The standard InChI is InChI=1S/C16H19NO4S2/c1-9(18)22-8-10-6-13(19)17(7-10)15-14(16(20)21-2)11-4-3-5-12(11)23-15/h10H,3-8H2,1-2H3. The molecule has 124 valence electrons. The highest BCUT2D eigenvalue weighted by molar-refractivity contribution is 8.13. The summed E-state index contributed by atoms with van der Waals surface area (Å²) in [6.07, 6.45) is 3.33. The summed E-state index contributed by atoms with van der Waals surface area (Å²) < 4.78 is 4.94. The number of ether oxygens (including phenoxy) is 1. The van der Waals surface area contributed by atoms with E-state index in [-0.39, 0.29) is 22.9 Å². The van der Waals surface area contributed by atoms with Crippen LogP contribution in [-0.4, -0.2) is 36.4 Å². The van der Waals surface area contributed by atoms with Crippen LogP contribution in [0.3, 0.4) is 0 Å². The molecule has 23 heavy (non-hydrogen) atoms. The minimum absolute atomic E-state index is 0.0317. The molecule has 2 heterocycles. The lowest BCUT2D eigenvalue weighted by molar-refractivity contribution is -0.117. The van der Waals surface area contributed by atoms with Crippen molar-refractivity contribution in [2.75, 3.05) is 24.3 Å². The van der Waals surface area contributed by atoms with Crippen molar-refractivity contribution in [2.45, 2.75) is 32.6 Å². The summed E-state index contributed by atoms with van der Waals surface area (Å²) in [6.45, 7) is 2.11. The maximum atomic E-state index is 12.4. The second-order valence-electron chi connectivity index (χ2n) is 5.91. The largest absolute Gasteiger partial charge is 0.465 e. The van der Waals surface area contributed by atoms with Crippen molar-refractivity contribution in [1.82, 2.24) is 0 Å². The number of esters is 1. The number of carbonyl (C=O) groups excluding carboxylic acids is 3. The van der Waals surface area contributed by atoms with Gasteiger partial charge in [0.1, 0.15) is 5.00 Å². The van der Waals surface area contributed by atoms with Crippen LogP contribution in [0.25, 0.3) is 0 Å². The van der Waals surface area contributed by atoms with Gasteiger partial charge in [-0.3, -0.25) is 9.59 Å². The topological polar surface area (TPSA) is 63.7 Å². The van der Waals surface area contributed by atoms with Crippen LogP contribution < -0.4 is 4.90 Å². The van der Waals surface area contributed by atoms with Crippen molar-refractivity contribution < 1.29 is 19.1 Å². The molecule has 2 aliphatic rings. The summed E-state index contributed by atoms with van der Waals surface area (Å²) in [7, 11) is 1.38. The summed E-state index contributed by atoms with van der Waals surface area (Å²) in [5.74, 6) is 0.479. The lowest BCUT2D eigenvalue weighted by Gasteiger charge is -2.17. The van der Waals surface area contributed by atoms with E-state index in [0.717, 1.165) is 29.8 Å². The molecule has 1 aromatic rings. The van der Waals surface area contributed by atoms with E-state index in [1.807, 2.05) is 0 Å². The Morgan fingerprint density at radius 2 is 2.17 bits per heavy atom. The lowest BCUT2D eigenvalue weighted by Crippen LogP contribution is -2.26. The average molecular weight is 353 g/mol. The van der Waals surface area contributed by atoms with Crippen LogP contribution in [-0.2, 0) is 27.2 Å². The Morgan fingerprint density at radius 1 is 1.39 bits per heavy atom. The molecule has 0 bridgehead atoms. The minimum Gasteiger partial charge on any atom is -0.465 e. The van der Waals surface area contributed by atoms with Gasteiger partial charge in [0, 0.05) is 30.5 Å². The lowest BCUT2D eigenvalue weighted by atomic mass is 10.1. The normalized spacial score (nSPS) is 20.0. The molecule has 1 unspecified atom stereocenters. The molecule has 0 aromatic carbocycles. The van der Waals surface area contributed by atoms with E-state index >= 15 is 0 Å². The van der Waals surface area contributed by atoms with Gasteiger partial charge in [-0.25, -0.2) is 4.79 Å². The Hall–Kier alpha value is -1.34. The highest BCUT2D eigenvalue weighted by atomic mass is 32.2. The van der Waals surface area contributed by atoms with Crippen molar-refractivity contribution in [3.05, 3.63) is 16.0 Å². The van der Waals surface area contributed by atoms with Crippen molar-refractivity contribution in [3.63, 3.8) is 0 Å². The molecule has 5 nitrogen and oxygen atoms in total. The third kappa shape index (κ3) is 3.17. The van der Waals surface area contributed by atoms with Gasteiger partial charge in [-0.05, 0) is 30.7 Å². The molecule has 0 radical (unpaired) electrons. The number of anilines is 1. The molecular formula is C16H19NO4S2. The first-order valence-electron chi connectivity index (χ1n) is 7.67. The van der Waals surface area contributed by atoms with E-state index in [9.17, 15) is 14.4 Å². The summed E-state index contributed by atoms with van der Waals surface area (Å²) in [4.78, 5) is 38.7. The highest BCUT2D eigenvalue weighted by Crippen LogP contribution is 2.43. The summed E-state index contributed by atoms with van der Waals surface area (Å²) in [5, 5.41) is 0.808. The zero-order valence-corrected chi connectivity index (χ0v) is 14.8. The highest BCUT2D eigenvalue weighted by Gasteiger charge is 2.37. The molecule has 1 amide bonds. The van der Waals surface area contributed by atoms with E-state index in [1.54, 1.807) is 23.2 Å². The number of hydrogen-bond acceptors (Lipinski definition) is 6. The maximum absolute atomic E-state index is 12.4. The molecule has 1 aliphatic heterocycles. The number of methoxy groups -OCH3 is 1. The van der Waals surface area contributed by atoms with E-state index in [0.29, 0.717) is 24.3 Å². The number of hydrogen-bond donors (Lipinski definition) is 0. The Bertz CT molecular complexity index is 667. The number of nitrogens with zero attached hydrogens (tertiary/aromatic N) is 1. The van der Waals surface area contributed by atoms with Crippen molar-refractivity contribution in [2.24, 2.45) is 5.92 Å². The third-order valence-electron chi connectivity index (χ3n) is 4.26. The number of rotatable bonds is 4. The molecular weight excluding hydrogens is 334 g/mol. The molecule has 0 spiro atoms. The summed E-state index contributed by atoms with van der Waals surface area (Å²) in [6, 6.07) is 0. The predicted octanol–water partition coefficient (Wildman–Crippen LogP) is 2.66. The van der Waals surface area contributed by atoms with Crippen LogP contribution in [0.1, 0.15) is 40.6 Å². The number of thioether (sulfide) groups is 1. The van der Waals surface area contributed by atoms with Gasteiger partial charge in [-0.1, -0.05) is 11.8 Å². The molecule has 3 rings (SSSR count). The Labute approximate surface area is 143 Å². The zero-order chi connectivity index (χ0) is 16.6. The van der Waals surface area contributed by atoms with Gasteiger partial charge in [-0.15, -0.1) is 11.3 Å². The molecule has 1 atom stereocenters. The number of carbonyl (C=O) groups is 3. The fourth-order valence-electron chi connectivity index (χ4n) is 3.22. The molecule has 1 saturated heterocycles. The number of aryl methyl sites for hydroxylation is 1. The smallest absolute Gasteiger partial charge is 0.341 e. The van der Waals surface area contributed by atoms with Crippen molar-refractivity contribution in [1.29, 1.82) is 0 Å². The monoisotopic (exact) mass is 353 g/mol. The number of fused-ring (bicyclic) bond motifs is 1. The SMILES string of the molecule is COC(=O)c1c(N2CC(CSC(C)=O)CC2=O)sc2c1CCC2. The first kappa shape index (κ1) is 16.5. The van der Waals surface area contributed by atoms with Gasteiger partial charge >= 0.3 is 5.97 Å². The maximum Gasteiger partial charge on any atom is 0.341 e. The summed E-state index contributed by atoms with van der Waals surface area (Å²) in [5.41, 5.74) is 1.64. The van der Waals surface area contributed by atoms with E-state index < -0.39 is 0 Å². The molecule has 0 N–H and O–H groups in total. The molecule has 1 aromatic heterocycles. The van der Waals surface area contributed by atoms with Crippen LogP contribution in [0.2, 0.25) is 0 Å². The Balaban J connectivity index is 1.86. The zero-order valence-electron chi connectivity index (χ0n) is 13.2. The average Bonchev–Trinajstić information content (AvgIpc) is 3.17.